The number of anilines is 1. The highest BCUT2D eigenvalue weighted by Gasteiger charge is 2.10. The summed E-state index contributed by atoms with van der Waals surface area (Å²) in [6, 6.07) is 0. The van der Waals surface area contributed by atoms with Gasteiger partial charge >= 0.3 is 0 Å². The lowest BCUT2D eigenvalue weighted by Gasteiger charge is -2.15. The van der Waals surface area contributed by atoms with E-state index >= 15 is 0 Å². The molecular formula is C12H18N4S2. The molecular weight excluding hydrogens is 264 g/mol. The van der Waals surface area contributed by atoms with Gasteiger partial charge in [-0.2, -0.15) is 0 Å². The molecule has 0 saturated carbocycles. The Morgan fingerprint density at radius 1 is 1.33 bits per heavy atom. The molecule has 0 aromatic carbocycles. The molecule has 0 bridgehead atoms. The fraction of sp³-hybridized carbons (Fsp3) is 0.500. The van der Waals surface area contributed by atoms with Crippen LogP contribution in [0.25, 0.3) is 10.6 Å². The molecule has 0 amide bonds. The Labute approximate surface area is 116 Å². The standard InChI is InChI=1S/C12H18N4S2/c1-4-16(5-2)7-11-14-6-10(18-11)9-8-17-12(13-3)15-9/h6,8H,4-5,7H2,1-3H3,(H,13,15). The van der Waals surface area contributed by atoms with Crippen LogP contribution in [0.2, 0.25) is 0 Å². The fourth-order valence-corrected chi connectivity index (χ4v) is 3.31. The van der Waals surface area contributed by atoms with Crippen LogP contribution in [0.15, 0.2) is 11.6 Å². The molecule has 2 heterocycles. The molecule has 0 saturated heterocycles. The van der Waals surface area contributed by atoms with Gasteiger partial charge in [0.2, 0.25) is 0 Å². The van der Waals surface area contributed by atoms with Crippen LogP contribution in [0.1, 0.15) is 18.9 Å². The minimum absolute atomic E-state index is 0.931. The molecule has 18 heavy (non-hydrogen) atoms. The quantitative estimate of drug-likeness (QED) is 0.883. The van der Waals surface area contributed by atoms with Gasteiger partial charge in [-0.3, -0.25) is 4.90 Å². The third kappa shape index (κ3) is 3.07. The van der Waals surface area contributed by atoms with E-state index in [0.717, 1.165) is 40.3 Å². The molecule has 0 aliphatic carbocycles. The number of nitrogens with one attached hydrogen (secondary N) is 1. The number of aromatic nitrogens is 2. The van der Waals surface area contributed by atoms with E-state index in [4.69, 9.17) is 0 Å². The highest BCUT2D eigenvalue weighted by atomic mass is 32.1. The molecule has 2 aromatic heterocycles. The molecule has 2 aromatic rings. The molecule has 0 spiro atoms. The van der Waals surface area contributed by atoms with Crippen LogP contribution >= 0.6 is 22.7 Å². The van der Waals surface area contributed by atoms with Crippen molar-refractivity contribution in [1.29, 1.82) is 0 Å². The van der Waals surface area contributed by atoms with Crippen molar-refractivity contribution in [3.63, 3.8) is 0 Å². The van der Waals surface area contributed by atoms with Crippen molar-refractivity contribution in [2.75, 3.05) is 25.5 Å². The smallest absolute Gasteiger partial charge is 0.182 e. The van der Waals surface area contributed by atoms with E-state index in [1.54, 1.807) is 22.7 Å². The number of nitrogens with zero attached hydrogens (tertiary/aromatic N) is 3. The van der Waals surface area contributed by atoms with Gasteiger partial charge in [0.05, 0.1) is 17.1 Å². The first-order valence-corrected chi connectivity index (χ1v) is 7.77. The number of thiazole rings is 2. The van der Waals surface area contributed by atoms with Gasteiger partial charge < -0.3 is 5.32 Å². The number of hydrogen-bond donors (Lipinski definition) is 1. The summed E-state index contributed by atoms with van der Waals surface area (Å²) in [6.45, 7) is 7.41. The van der Waals surface area contributed by atoms with E-state index in [0.29, 0.717) is 0 Å². The van der Waals surface area contributed by atoms with Crippen LogP contribution in [-0.4, -0.2) is 35.0 Å². The summed E-state index contributed by atoms with van der Waals surface area (Å²) in [5.41, 5.74) is 1.02. The second-order valence-corrected chi connectivity index (χ2v) is 5.84. The Bertz CT molecular complexity index is 488. The monoisotopic (exact) mass is 282 g/mol. The highest BCUT2D eigenvalue weighted by molar-refractivity contribution is 7.16. The first kappa shape index (κ1) is 13.5. The molecule has 0 fully saturated rings. The molecule has 2 rings (SSSR count). The predicted octanol–water partition coefficient (Wildman–Crippen LogP) is 3.15. The van der Waals surface area contributed by atoms with Gasteiger partial charge in [-0.15, -0.1) is 22.7 Å². The van der Waals surface area contributed by atoms with Crippen LogP contribution in [0.5, 0.6) is 0 Å². The summed E-state index contributed by atoms with van der Waals surface area (Å²) >= 11 is 3.36. The lowest BCUT2D eigenvalue weighted by Crippen LogP contribution is -2.21. The van der Waals surface area contributed by atoms with Gasteiger partial charge in [-0.1, -0.05) is 13.8 Å². The summed E-state index contributed by atoms with van der Waals surface area (Å²) < 4.78 is 0. The molecule has 0 aliphatic heterocycles. The normalized spacial score (nSPS) is 11.1. The maximum Gasteiger partial charge on any atom is 0.182 e. The van der Waals surface area contributed by atoms with Crippen molar-refractivity contribution in [3.05, 3.63) is 16.6 Å². The van der Waals surface area contributed by atoms with Crippen LogP contribution in [0.3, 0.4) is 0 Å². The Hall–Kier alpha value is -0.980. The summed E-state index contributed by atoms with van der Waals surface area (Å²) in [7, 11) is 1.89. The topological polar surface area (TPSA) is 41.1 Å². The second kappa shape index (κ2) is 6.26. The van der Waals surface area contributed by atoms with Crippen LogP contribution in [-0.2, 0) is 6.54 Å². The lowest BCUT2D eigenvalue weighted by molar-refractivity contribution is 0.295. The Morgan fingerprint density at radius 3 is 2.72 bits per heavy atom. The highest BCUT2D eigenvalue weighted by Crippen LogP contribution is 2.29. The van der Waals surface area contributed by atoms with Crippen LogP contribution < -0.4 is 5.32 Å². The Morgan fingerprint density at radius 2 is 2.11 bits per heavy atom. The average molecular weight is 282 g/mol. The minimum Gasteiger partial charge on any atom is -0.365 e. The van der Waals surface area contributed by atoms with Crippen LogP contribution in [0.4, 0.5) is 5.13 Å². The van der Waals surface area contributed by atoms with Gasteiger partial charge in [0, 0.05) is 18.6 Å². The molecule has 0 radical (unpaired) electrons. The maximum absolute atomic E-state index is 4.50. The van der Waals surface area contributed by atoms with E-state index in [1.807, 2.05) is 13.2 Å². The average Bonchev–Trinajstić information content (AvgIpc) is 3.04. The summed E-state index contributed by atoms with van der Waals surface area (Å²) in [6.07, 6.45) is 1.93. The third-order valence-corrected chi connectivity index (χ3v) is 4.64. The zero-order valence-electron chi connectivity index (χ0n) is 10.9. The molecule has 0 aliphatic rings. The Balaban J connectivity index is 2.10. The molecule has 98 valence electrons. The zero-order chi connectivity index (χ0) is 13.0. The Kier molecular flexibility index (Phi) is 4.68. The first-order valence-electron chi connectivity index (χ1n) is 6.07. The van der Waals surface area contributed by atoms with Crippen molar-refractivity contribution < 1.29 is 0 Å². The zero-order valence-corrected chi connectivity index (χ0v) is 12.6. The summed E-state index contributed by atoms with van der Waals surface area (Å²) in [5.74, 6) is 0. The van der Waals surface area contributed by atoms with Crippen molar-refractivity contribution in [2.24, 2.45) is 0 Å². The number of hydrogen-bond acceptors (Lipinski definition) is 6. The summed E-state index contributed by atoms with van der Waals surface area (Å²) in [4.78, 5) is 12.5. The fourth-order valence-electron chi connectivity index (χ4n) is 1.64. The minimum atomic E-state index is 0.931. The lowest BCUT2D eigenvalue weighted by atomic mass is 10.4. The van der Waals surface area contributed by atoms with Crippen molar-refractivity contribution >= 4 is 27.8 Å². The molecule has 0 atom stereocenters. The van der Waals surface area contributed by atoms with Crippen molar-refractivity contribution in [3.8, 4) is 10.6 Å². The molecule has 4 nitrogen and oxygen atoms in total. The van der Waals surface area contributed by atoms with E-state index in [1.165, 1.54) is 0 Å². The molecule has 0 unspecified atom stereocenters. The van der Waals surface area contributed by atoms with E-state index in [2.05, 4.69) is 39.4 Å². The number of rotatable bonds is 6. The predicted molar refractivity (Wildman–Crippen MR) is 79.4 cm³/mol. The second-order valence-electron chi connectivity index (χ2n) is 3.87. The van der Waals surface area contributed by atoms with Crippen LogP contribution in [0, 0.1) is 0 Å². The molecule has 6 heteroatoms. The molecule has 1 N–H and O–H groups in total. The van der Waals surface area contributed by atoms with Gasteiger partial charge in [0.25, 0.3) is 0 Å². The SMILES string of the molecule is CCN(CC)Cc1ncc(-c2csc(NC)n2)s1. The van der Waals surface area contributed by atoms with Gasteiger partial charge in [-0.05, 0) is 13.1 Å². The maximum atomic E-state index is 4.50. The van der Waals surface area contributed by atoms with E-state index in [9.17, 15) is 0 Å². The van der Waals surface area contributed by atoms with Crippen molar-refractivity contribution in [2.45, 2.75) is 20.4 Å². The van der Waals surface area contributed by atoms with Gasteiger partial charge in [0.15, 0.2) is 5.13 Å². The third-order valence-electron chi connectivity index (χ3n) is 2.78. The van der Waals surface area contributed by atoms with E-state index < -0.39 is 0 Å². The van der Waals surface area contributed by atoms with Crippen molar-refractivity contribution in [1.82, 2.24) is 14.9 Å². The summed E-state index contributed by atoms with van der Waals surface area (Å²) in [5, 5.41) is 7.24. The van der Waals surface area contributed by atoms with Gasteiger partial charge in [0.1, 0.15) is 5.01 Å². The van der Waals surface area contributed by atoms with E-state index in [-0.39, 0.29) is 0 Å². The largest absolute Gasteiger partial charge is 0.365 e. The first-order chi connectivity index (χ1) is 8.76. The van der Waals surface area contributed by atoms with Gasteiger partial charge in [-0.25, -0.2) is 9.97 Å².